The number of aromatic hydroxyl groups is 1. The summed E-state index contributed by atoms with van der Waals surface area (Å²) in [6.45, 7) is 0.905. The molecule has 1 saturated heterocycles. The maximum atomic E-state index is 13.1. The normalized spacial score (nSPS) is 19.0. The summed E-state index contributed by atoms with van der Waals surface area (Å²) < 4.78 is 11.1. The number of Topliss-reactive ketones (excluding diaryl/α,β-unsaturated/α-hetero) is 1. The SMILES string of the molecule is O=C1C(=O)N(Cc2cccnc2)C(c2cccc(O)c2)/C1=C(/O)c1ccc2c(c1)OCCO2. The number of aliphatic hydroxyl groups is 1. The Bertz CT molecular complexity index is 1270. The molecule has 1 aromatic heterocycles. The lowest BCUT2D eigenvalue weighted by molar-refractivity contribution is -0.140. The molecular weight excluding hydrogens is 424 g/mol. The van der Waals surface area contributed by atoms with Gasteiger partial charge >= 0.3 is 0 Å². The van der Waals surface area contributed by atoms with Crippen molar-refractivity contribution in [2.75, 3.05) is 13.2 Å². The monoisotopic (exact) mass is 444 g/mol. The quantitative estimate of drug-likeness (QED) is 0.361. The van der Waals surface area contributed by atoms with Gasteiger partial charge in [0.2, 0.25) is 0 Å². The largest absolute Gasteiger partial charge is 0.508 e. The maximum absolute atomic E-state index is 13.1. The molecule has 0 aliphatic carbocycles. The molecule has 3 heterocycles. The van der Waals surface area contributed by atoms with Crippen LogP contribution in [0, 0.1) is 0 Å². The first-order chi connectivity index (χ1) is 16.0. The number of fused-ring (bicyclic) bond motifs is 1. The van der Waals surface area contributed by atoms with Gasteiger partial charge in [0.15, 0.2) is 11.5 Å². The van der Waals surface area contributed by atoms with Gasteiger partial charge in [-0.25, -0.2) is 0 Å². The van der Waals surface area contributed by atoms with E-state index < -0.39 is 17.7 Å². The van der Waals surface area contributed by atoms with E-state index >= 15 is 0 Å². The topological polar surface area (TPSA) is 109 Å². The second-order valence-electron chi connectivity index (χ2n) is 7.74. The van der Waals surface area contributed by atoms with Crippen molar-refractivity contribution >= 4 is 17.4 Å². The van der Waals surface area contributed by atoms with E-state index in [1.54, 1.807) is 54.9 Å². The van der Waals surface area contributed by atoms with E-state index in [0.29, 0.717) is 35.8 Å². The number of carbonyl (C=O) groups is 2. The second-order valence-corrected chi connectivity index (χ2v) is 7.74. The molecule has 0 saturated carbocycles. The van der Waals surface area contributed by atoms with Gasteiger partial charge in [-0.15, -0.1) is 0 Å². The fourth-order valence-corrected chi connectivity index (χ4v) is 4.12. The van der Waals surface area contributed by atoms with Crippen LogP contribution in [-0.4, -0.2) is 45.0 Å². The summed E-state index contributed by atoms with van der Waals surface area (Å²) in [4.78, 5) is 31.6. The van der Waals surface area contributed by atoms with Crippen molar-refractivity contribution in [2.24, 2.45) is 0 Å². The Morgan fingerprint density at radius 2 is 1.85 bits per heavy atom. The first kappa shape index (κ1) is 20.6. The Balaban J connectivity index is 1.64. The zero-order chi connectivity index (χ0) is 22.9. The molecule has 1 amide bonds. The summed E-state index contributed by atoms with van der Waals surface area (Å²) >= 11 is 0. The highest BCUT2D eigenvalue weighted by atomic mass is 16.6. The number of aromatic nitrogens is 1. The summed E-state index contributed by atoms with van der Waals surface area (Å²) in [6, 6.07) is 13.8. The second kappa shape index (κ2) is 8.31. The molecule has 0 radical (unpaired) electrons. The van der Waals surface area contributed by atoms with E-state index in [-0.39, 0.29) is 23.6 Å². The Kier molecular flexibility index (Phi) is 5.18. The minimum absolute atomic E-state index is 0.0150. The van der Waals surface area contributed by atoms with Crippen LogP contribution in [0.2, 0.25) is 0 Å². The molecular formula is C25H20N2O6. The fourth-order valence-electron chi connectivity index (χ4n) is 4.12. The number of benzene rings is 2. The molecule has 1 fully saturated rings. The van der Waals surface area contributed by atoms with Crippen molar-refractivity contribution in [1.29, 1.82) is 0 Å². The van der Waals surface area contributed by atoms with Crippen LogP contribution in [0.3, 0.4) is 0 Å². The molecule has 8 nitrogen and oxygen atoms in total. The third kappa shape index (κ3) is 3.76. The lowest BCUT2D eigenvalue weighted by Crippen LogP contribution is -2.29. The summed E-state index contributed by atoms with van der Waals surface area (Å²) in [5.41, 5.74) is 1.48. The molecule has 166 valence electrons. The van der Waals surface area contributed by atoms with Crippen LogP contribution in [0.4, 0.5) is 0 Å². The lowest BCUT2D eigenvalue weighted by atomic mass is 9.95. The van der Waals surface area contributed by atoms with Crippen LogP contribution < -0.4 is 9.47 Å². The highest BCUT2D eigenvalue weighted by molar-refractivity contribution is 6.46. The molecule has 5 rings (SSSR count). The van der Waals surface area contributed by atoms with Gasteiger partial charge in [0.05, 0.1) is 11.6 Å². The summed E-state index contributed by atoms with van der Waals surface area (Å²) in [6.07, 6.45) is 3.23. The number of aliphatic hydroxyl groups excluding tert-OH is 1. The molecule has 0 spiro atoms. The number of phenolic OH excluding ortho intramolecular Hbond substituents is 1. The summed E-state index contributed by atoms with van der Waals surface area (Å²) in [5, 5.41) is 21.3. The molecule has 1 atom stereocenters. The molecule has 1 unspecified atom stereocenters. The van der Waals surface area contributed by atoms with E-state index in [0.717, 1.165) is 5.56 Å². The average molecular weight is 444 g/mol. The predicted octanol–water partition coefficient (Wildman–Crippen LogP) is 3.18. The molecule has 8 heteroatoms. The zero-order valence-corrected chi connectivity index (χ0v) is 17.5. The zero-order valence-electron chi connectivity index (χ0n) is 17.5. The van der Waals surface area contributed by atoms with Crippen molar-refractivity contribution in [3.05, 3.63) is 89.3 Å². The number of likely N-dealkylation sites (tertiary alicyclic amines) is 1. The first-order valence-electron chi connectivity index (χ1n) is 10.4. The number of nitrogens with zero attached hydrogens (tertiary/aromatic N) is 2. The van der Waals surface area contributed by atoms with Crippen molar-refractivity contribution < 1.29 is 29.3 Å². The Morgan fingerprint density at radius 3 is 2.61 bits per heavy atom. The average Bonchev–Trinajstić information content (AvgIpc) is 3.09. The van der Waals surface area contributed by atoms with Gasteiger partial charge in [0, 0.05) is 24.5 Å². The Hall–Kier alpha value is -4.33. The molecule has 3 aromatic rings. The van der Waals surface area contributed by atoms with Crippen LogP contribution in [0.5, 0.6) is 17.2 Å². The van der Waals surface area contributed by atoms with Crippen LogP contribution in [0.15, 0.2) is 72.6 Å². The standard InChI is InChI=1S/C25H20N2O6/c28-18-5-1-4-16(11-18)22-21(23(29)17-6-7-19-20(12-17)33-10-9-32-19)24(30)25(31)27(22)14-15-3-2-8-26-13-15/h1-8,11-13,22,28-29H,9-10,14H2/b23-21-. The Morgan fingerprint density at radius 1 is 1.03 bits per heavy atom. The van der Waals surface area contributed by atoms with Gasteiger partial charge in [0.1, 0.15) is 24.7 Å². The number of ether oxygens (including phenoxy) is 2. The number of hydrogen-bond donors (Lipinski definition) is 2. The van der Waals surface area contributed by atoms with E-state index in [1.165, 1.54) is 17.0 Å². The Labute approximate surface area is 189 Å². The molecule has 2 N–H and O–H groups in total. The van der Waals surface area contributed by atoms with Gasteiger partial charge in [-0.05, 0) is 47.5 Å². The van der Waals surface area contributed by atoms with E-state index in [2.05, 4.69) is 4.98 Å². The van der Waals surface area contributed by atoms with E-state index in [9.17, 15) is 19.8 Å². The maximum Gasteiger partial charge on any atom is 0.295 e. The van der Waals surface area contributed by atoms with Gasteiger partial charge < -0.3 is 24.6 Å². The number of rotatable bonds is 4. The van der Waals surface area contributed by atoms with Crippen LogP contribution >= 0.6 is 0 Å². The number of pyridine rings is 1. The van der Waals surface area contributed by atoms with Gasteiger partial charge in [-0.3, -0.25) is 14.6 Å². The van der Waals surface area contributed by atoms with Gasteiger partial charge in [0.25, 0.3) is 11.7 Å². The van der Waals surface area contributed by atoms with Crippen molar-refractivity contribution in [2.45, 2.75) is 12.6 Å². The fraction of sp³-hybridized carbons (Fsp3) is 0.160. The summed E-state index contributed by atoms with van der Waals surface area (Å²) in [7, 11) is 0. The third-order valence-corrected chi connectivity index (χ3v) is 5.62. The third-order valence-electron chi connectivity index (χ3n) is 5.62. The van der Waals surface area contributed by atoms with Crippen molar-refractivity contribution in [3.8, 4) is 17.2 Å². The minimum atomic E-state index is -0.898. The number of ketones is 1. The highest BCUT2D eigenvalue weighted by Gasteiger charge is 2.46. The molecule has 33 heavy (non-hydrogen) atoms. The van der Waals surface area contributed by atoms with Crippen molar-refractivity contribution in [1.82, 2.24) is 9.88 Å². The van der Waals surface area contributed by atoms with Crippen LogP contribution in [0.1, 0.15) is 22.7 Å². The van der Waals surface area contributed by atoms with E-state index in [4.69, 9.17) is 9.47 Å². The predicted molar refractivity (Wildman–Crippen MR) is 118 cm³/mol. The summed E-state index contributed by atoms with van der Waals surface area (Å²) in [5.74, 6) is -0.903. The lowest BCUT2D eigenvalue weighted by Gasteiger charge is -2.25. The number of phenols is 1. The molecule has 2 aliphatic rings. The smallest absolute Gasteiger partial charge is 0.295 e. The number of amides is 1. The molecule has 0 bridgehead atoms. The minimum Gasteiger partial charge on any atom is -0.508 e. The number of carbonyl (C=O) groups excluding carboxylic acids is 2. The number of hydrogen-bond acceptors (Lipinski definition) is 7. The van der Waals surface area contributed by atoms with Crippen molar-refractivity contribution in [3.63, 3.8) is 0 Å². The first-order valence-corrected chi connectivity index (χ1v) is 10.4. The van der Waals surface area contributed by atoms with Gasteiger partial charge in [-0.1, -0.05) is 18.2 Å². The molecule has 2 aromatic carbocycles. The molecule has 2 aliphatic heterocycles. The highest BCUT2D eigenvalue weighted by Crippen LogP contribution is 2.42. The van der Waals surface area contributed by atoms with Gasteiger partial charge in [-0.2, -0.15) is 0 Å². The van der Waals surface area contributed by atoms with E-state index in [1.807, 2.05) is 0 Å². The van der Waals surface area contributed by atoms with Crippen LogP contribution in [0.25, 0.3) is 5.76 Å². The van der Waals surface area contributed by atoms with Crippen LogP contribution in [-0.2, 0) is 16.1 Å².